The lowest BCUT2D eigenvalue weighted by Crippen LogP contribution is -2.32. The summed E-state index contributed by atoms with van der Waals surface area (Å²) >= 11 is 5.38. The molecule has 0 spiro atoms. The molecule has 0 unspecified atom stereocenters. The van der Waals surface area contributed by atoms with Gasteiger partial charge in [0.05, 0.1) is 6.10 Å². The minimum atomic E-state index is 0.171. The molecule has 134 valence electrons. The molecule has 1 aromatic carbocycles. The van der Waals surface area contributed by atoms with Crippen molar-refractivity contribution in [3.05, 3.63) is 24.3 Å². The molecule has 0 aliphatic carbocycles. The molecule has 4 nitrogen and oxygen atoms in total. The second-order valence-corrected chi connectivity index (χ2v) is 7.09. The van der Waals surface area contributed by atoms with Gasteiger partial charge in [0.25, 0.3) is 0 Å². The van der Waals surface area contributed by atoms with Gasteiger partial charge < -0.3 is 20.3 Å². The van der Waals surface area contributed by atoms with Gasteiger partial charge in [-0.2, -0.15) is 0 Å². The van der Waals surface area contributed by atoms with Crippen LogP contribution >= 0.6 is 12.2 Å². The third kappa shape index (κ3) is 7.49. The molecule has 1 saturated heterocycles. The zero-order valence-corrected chi connectivity index (χ0v) is 15.8. The van der Waals surface area contributed by atoms with Crippen molar-refractivity contribution in [3.8, 4) is 5.75 Å². The molecule has 1 heterocycles. The van der Waals surface area contributed by atoms with Gasteiger partial charge in [-0.15, -0.1) is 0 Å². The molecular formula is C19H31N3OS. The third-order valence-electron chi connectivity index (χ3n) is 4.10. The Balaban J connectivity index is 1.65. The highest BCUT2D eigenvalue weighted by molar-refractivity contribution is 7.80. The van der Waals surface area contributed by atoms with E-state index in [0.29, 0.717) is 5.11 Å². The molecule has 0 bridgehead atoms. The molecule has 1 fully saturated rings. The van der Waals surface area contributed by atoms with Crippen molar-refractivity contribution in [1.82, 2.24) is 10.2 Å². The molecular weight excluding hydrogens is 318 g/mol. The average molecular weight is 350 g/mol. The first-order valence-electron chi connectivity index (χ1n) is 9.17. The van der Waals surface area contributed by atoms with E-state index in [0.717, 1.165) is 30.9 Å². The Hall–Kier alpha value is -1.33. The van der Waals surface area contributed by atoms with Crippen LogP contribution in [-0.2, 0) is 0 Å². The lowest BCUT2D eigenvalue weighted by Gasteiger charge is -2.20. The van der Waals surface area contributed by atoms with E-state index in [-0.39, 0.29) is 6.10 Å². The Bertz CT molecular complexity index is 499. The molecule has 0 radical (unpaired) electrons. The summed E-state index contributed by atoms with van der Waals surface area (Å²) in [6, 6.07) is 7.91. The van der Waals surface area contributed by atoms with Crippen LogP contribution in [0.4, 0.5) is 5.69 Å². The highest BCUT2D eigenvalue weighted by atomic mass is 32.1. The SMILES string of the molecule is CC(C)Oc1cccc(NC(=S)NCCCN2CCCCCC2)c1. The molecule has 1 aliphatic heterocycles. The van der Waals surface area contributed by atoms with Crippen LogP contribution in [-0.4, -0.2) is 42.3 Å². The number of hydrogen-bond donors (Lipinski definition) is 2. The molecule has 0 saturated carbocycles. The van der Waals surface area contributed by atoms with Crippen LogP contribution in [0.3, 0.4) is 0 Å². The zero-order chi connectivity index (χ0) is 17.2. The number of nitrogens with one attached hydrogen (secondary N) is 2. The second-order valence-electron chi connectivity index (χ2n) is 6.68. The van der Waals surface area contributed by atoms with Crippen LogP contribution in [0, 0.1) is 0 Å². The van der Waals surface area contributed by atoms with Gasteiger partial charge >= 0.3 is 0 Å². The fourth-order valence-electron chi connectivity index (χ4n) is 2.96. The minimum absolute atomic E-state index is 0.171. The average Bonchev–Trinajstić information content (AvgIpc) is 2.80. The lowest BCUT2D eigenvalue weighted by atomic mass is 10.2. The van der Waals surface area contributed by atoms with Crippen LogP contribution < -0.4 is 15.4 Å². The van der Waals surface area contributed by atoms with Crippen molar-refractivity contribution in [2.45, 2.75) is 52.1 Å². The Labute approximate surface area is 152 Å². The van der Waals surface area contributed by atoms with E-state index in [4.69, 9.17) is 17.0 Å². The Morgan fingerprint density at radius 3 is 2.67 bits per heavy atom. The summed E-state index contributed by atoms with van der Waals surface area (Å²) in [5.41, 5.74) is 0.957. The topological polar surface area (TPSA) is 36.5 Å². The van der Waals surface area contributed by atoms with E-state index in [1.54, 1.807) is 0 Å². The Morgan fingerprint density at radius 2 is 1.96 bits per heavy atom. The highest BCUT2D eigenvalue weighted by Gasteiger charge is 2.08. The van der Waals surface area contributed by atoms with E-state index in [2.05, 4.69) is 15.5 Å². The van der Waals surface area contributed by atoms with Crippen LogP contribution in [0.5, 0.6) is 5.75 Å². The van der Waals surface area contributed by atoms with Gasteiger partial charge in [0, 0.05) is 18.3 Å². The van der Waals surface area contributed by atoms with Crippen LogP contribution in [0.25, 0.3) is 0 Å². The fraction of sp³-hybridized carbons (Fsp3) is 0.632. The van der Waals surface area contributed by atoms with Gasteiger partial charge in [0.1, 0.15) is 5.75 Å². The van der Waals surface area contributed by atoms with Crippen molar-refractivity contribution >= 4 is 23.0 Å². The Kier molecular flexibility index (Phi) is 8.33. The lowest BCUT2D eigenvalue weighted by molar-refractivity contribution is 0.242. The van der Waals surface area contributed by atoms with Gasteiger partial charge in [-0.3, -0.25) is 0 Å². The summed E-state index contributed by atoms with van der Waals surface area (Å²) in [7, 11) is 0. The number of rotatable bonds is 7. The van der Waals surface area contributed by atoms with E-state index >= 15 is 0 Å². The molecule has 0 aromatic heterocycles. The van der Waals surface area contributed by atoms with Crippen molar-refractivity contribution < 1.29 is 4.74 Å². The first-order valence-corrected chi connectivity index (χ1v) is 9.58. The smallest absolute Gasteiger partial charge is 0.170 e. The number of thiocarbonyl (C=S) groups is 1. The number of benzene rings is 1. The number of hydrogen-bond acceptors (Lipinski definition) is 3. The molecule has 1 aliphatic rings. The summed E-state index contributed by atoms with van der Waals surface area (Å²) < 4.78 is 5.70. The predicted molar refractivity (Wildman–Crippen MR) is 106 cm³/mol. The van der Waals surface area contributed by atoms with Crippen molar-refractivity contribution in [1.29, 1.82) is 0 Å². The van der Waals surface area contributed by atoms with E-state index in [1.165, 1.54) is 38.8 Å². The van der Waals surface area contributed by atoms with Crippen LogP contribution in [0.1, 0.15) is 46.0 Å². The number of anilines is 1. The minimum Gasteiger partial charge on any atom is -0.491 e. The maximum Gasteiger partial charge on any atom is 0.170 e. The van der Waals surface area contributed by atoms with Crippen molar-refractivity contribution in [3.63, 3.8) is 0 Å². The van der Waals surface area contributed by atoms with E-state index in [1.807, 2.05) is 38.1 Å². The molecule has 5 heteroatoms. The summed E-state index contributed by atoms with van der Waals surface area (Å²) in [5.74, 6) is 0.860. The maximum absolute atomic E-state index is 5.70. The maximum atomic E-state index is 5.70. The predicted octanol–water partition coefficient (Wildman–Crippen LogP) is 4.03. The first kappa shape index (κ1) is 19.0. The van der Waals surface area contributed by atoms with Crippen LogP contribution in [0.15, 0.2) is 24.3 Å². The highest BCUT2D eigenvalue weighted by Crippen LogP contribution is 2.18. The number of ether oxygens (including phenoxy) is 1. The van der Waals surface area contributed by atoms with Crippen LogP contribution in [0.2, 0.25) is 0 Å². The summed E-state index contributed by atoms with van der Waals surface area (Å²) in [6.45, 7) is 8.63. The zero-order valence-electron chi connectivity index (χ0n) is 15.0. The molecule has 2 N–H and O–H groups in total. The van der Waals surface area contributed by atoms with Gasteiger partial charge in [0.2, 0.25) is 0 Å². The Morgan fingerprint density at radius 1 is 1.21 bits per heavy atom. The largest absolute Gasteiger partial charge is 0.491 e. The third-order valence-corrected chi connectivity index (χ3v) is 4.35. The van der Waals surface area contributed by atoms with Gasteiger partial charge in [-0.05, 0) is 77.1 Å². The number of nitrogens with zero attached hydrogens (tertiary/aromatic N) is 1. The van der Waals surface area contributed by atoms with Crippen molar-refractivity contribution in [2.75, 3.05) is 31.5 Å². The van der Waals surface area contributed by atoms with Gasteiger partial charge in [-0.1, -0.05) is 18.9 Å². The molecule has 2 rings (SSSR count). The molecule has 24 heavy (non-hydrogen) atoms. The molecule has 1 aromatic rings. The summed E-state index contributed by atoms with van der Waals surface area (Å²) in [4.78, 5) is 2.58. The van der Waals surface area contributed by atoms with Crippen molar-refractivity contribution in [2.24, 2.45) is 0 Å². The number of likely N-dealkylation sites (tertiary alicyclic amines) is 1. The molecule has 0 atom stereocenters. The van der Waals surface area contributed by atoms with Gasteiger partial charge in [0.15, 0.2) is 5.11 Å². The fourth-order valence-corrected chi connectivity index (χ4v) is 3.18. The second kappa shape index (κ2) is 10.5. The first-order chi connectivity index (χ1) is 11.6. The van der Waals surface area contributed by atoms with E-state index < -0.39 is 0 Å². The normalized spacial score (nSPS) is 15.8. The summed E-state index contributed by atoms with van der Waals surface area (Å²) in [6.07, 6.45) is 6.78. The summed E-state index contributed by atoms with van der Waals surface area (Å²) in [5, 5.41) is 7.20. The van der Waals surface area contributed by atoms with E-state index in [9.17, 15) is 0 Å². The molecule has 0 amide bonds. The monoisotopic (exact) mass is 349 g/mol. The quantitative estimate of drug-likeness (QED) is 0.574. The standard InChI is InChI=1S/C19H31N3OS/c1-16(2)23-18-10-7-9-17(15-18)21-19(24)20-11-8-14-22-12-5-3-4-6-13-22/h7,9-10,15-16H,3-6,8,11-14H2,1-2H3,(H2,20,21,24). The van der Waals surface area contributed by atoms with Gasteiger partial charge in [-0.25, -0.2) is 0 Å².